The highest BCUT2D eigenvalue weighted by atomic mass is 35.5. The molecule has 2 N–H and O–H groups in total. The fourth-order valence-corrected chi connectivity index (χ4v) is 2.04. The molecular weight excluding hydrogens is 302 g/mol. The maximum atomic E-state index is 11.7. The SMILES string of the molecule is CCOC(=O)C(N)c1cccc(OCc2ccc(Cl)cc2)c1. The number of esters is 1. The van der Waals surface area contributed by atoms with Gasteiger partial charge in [0.2, 0.25) is 0 Å². The molecule has 4 nitrogen and oxygen atoms in total. The van der Waals surface area contributed by atoms with Crippen LogP contribution < -0.4 is 10.5 Å². The van der Waals surface area contributed by atoms with Crippen LogP contribution in [0.5, 0.6) is 5.75 Å². The predicted molar refractivity (Wildman–Crippen MR) is 85.8 cm³/mol. The maximum absolute atomic E-state index is 11.7. The Kier molecular flexibility index (Phi) is 5.81. The molecule has 2 rings (SSSR count). The van der Waals surface area contributed by atoms with Crippen molar-refractivity contribution in [3.8, 4) is 5.75 Å². The molecule has 0 aliphatic rings. The van der Waals surface area contributed by atoms with Gasteiger partial charge in [0.05, 0.1) is 6.61 Å². The van der Waals surface area contributed by atoms with Crippen molar-refractivity contribution in [3.63, 3.8) is 0 Å². The van der Waals surface area contributed by atoms with E-state index >= 15 is 0 Å². The fraction of sp³-hybridized carbons (Fsp3) is 0.235. The van der Waals surface area contributed by atoms with E-state index in [-0.39, 0.29) is 0 Å². The Morgan fingerprint density at radius 2 is 1.95 bits per heavy atom. The number of rotatable bonds is 6. The summed E-state index contributed by atoms with van der Waals surface area (Å²) in [6.45, 7) is 2.46. The van der Waals surface area contributed by atoms with E-state index < -0.39 is 12.0 Å². The number of ether oxygens (including phenoxy) is 2. The highest BCUT2D eigenvalue weighted by molar-refractivity contribution is 6.30. The summed E-state index contributed by atoms with van der Waals surface area (Å²) in [5, 5.41) is 0.686. The van der Waals surface area contributed by atoms with Crippen LogP contribution in [0.25, 0.3) is 0 Å². The lowest BCUT2D eigenvalue weighted by Crippen LogP contribution is -2.23. The summed E-state index contributed by atoms with van der Waals surface area (Å²) in [6.07, 6.45) is 0. The van der Waals surface area contributed by atoms with E-state index in [1.165, 1.54) is 0 Å². The number of carbonyl (C=O) groups is 1. The monoisotopic (exact) mass is 319 g/mol. The fourth-order valence-electron chi connectivity index (χ4n) is 1.91. The summed E-state index contributed by atoms with van der Waals surface area (Å²) < 4.78 is 10.6. The van der Waals surface area contributed by atoms with Gasteiger partial charge in [-0.15, -0.1) is 0 Å². The zero-order chi connectivity index (χ0) is 15.9. The highest BCUT2D eigenvalue weighted by Gasteiger charge is 2.17. The van der Waals surface area contributed by atoms with Gasteiger partial charge in [-0.3, -0.25) is 0 Å². The third kappa shape index (κ3) is 4.48. The second-order valence-corrected chi connectivity index (χ2v) is 5.15. The molecule has 1 atom stereocenters. The quantitative estimate of drug-likeness (QED) is 0.828. The molecule has 0 aromatic heterocycles. The number of halogens is 1. The van der Waals surface area contributed by atoms with E-state index in [2.05, 4.69) is 0 Å². The second-order valence-electron chi connectivity index (χ2n) is 4.72. The van der Waals surface area contributed by atoms with Gasteiger partial charge in [0.1, 0.15) is 18.4 Å². The third-order valence-electron chi connectivity index (χ3n) is 3.08. The molecular formula is C17H18ClNO3. The van der Waals surface area contributed by atoms with Gasteiger partial charge in [-0.1, -0.05) is 35.9 Å². The predicted octanol–water partition coefficient (Wildman–Crippen LogP) is 3.48. The van der Waals surface area contributed by atoms with Gasteiger partial charge in [0, 0.05) is 5.02 Å². The molecule has 2 aromatic rings. The molecule has 0 bridgehead atoms. The first-order valence-electron chi connectivity index (χ1n) is 6.99. The molecule has 0 saturated heterocycles. The first-order chi connectivity index (χ1) is 10.6. The van der Waals surface area contributed by atoms with Crippen LogP contribution in [-0.4, -0.2) is 12.6 Å². The van der Waals surface area contributed by atoms with Gasteiger partial charge >= 0.3 is 5.97 Å². The summed E-state index contributed by atoms with van der Waals surface area (Å²) in [5.41, 5.74) is 7.54. The minimum Gasteiger partial charge on any atom is -0.489 e. The molecule has 5 heteroatoms. The normalized spacial score (nSPS) is 11.8. The molecule has 116 valence electrons. The van der Waals surface area contributed by atoms with Crippen LogP contribution in [0.4, 0.5) is 0 Å². The zero-order valence-corrected chi connectivity index (χ0v) is 13.0. The smallest absolute Gasteiger partial charge is 0.327 e. The Balaban J connectivity index is 2.02. The number of carbonyl (C=O) groups excluding carboxylic acids is 1. The van der Waals surface area contributed by atoms with Crippen LogP contribution in [0, 0.1) is 0 Å². The molecule has 1 unspecified atom stereocenters. The van der Waals surface area contributed by atoms with Gasteiger partial charge in [-0.05, 0) is 42.3 Å². The van der Waals surface area contributed by atoms with E-state index in [4.69, 9.17) is 26.8 Å². The lowest BCUT2D eigenvalue weighted by molar-refractivity contribution is -0.144. The number of nitrogens with two attached hydrogens (primary N) is 1. The Bertz CT molecular complexity index is 628. The third-order valence-corrected chi connectivity index (χ3v) is 3.33. The van der Waals surface area contributed by atoms with Crippen LogP contribution in [-0.2, 0) is 16.1 Å². The lowest BCUT2D eigenvalue weighted by Gasteiger charge is -2.13. The van der Waals surface area contributed by atoms with Crippen LogP contribution in [0.15, 0.2) is 48.5 Å². The number of benzene rings is 2. The molecule has 22 heavy (non-hydrogen) atoms. The molecule has 0 amide bonds. The second kappa shape index (κ2) is 7.82. The maximum Gasteiger partial charge on any atom is 0.327 e. The molecule has 0 radical (unpaired) electrons. The van der Waals surface area contributed by atoms with Crippen molar-refractivity contribution < 1.29 is 14.3 Å². The molecule has 0 saturated carbocycles. The Morgan fingerprint density at radius 3 is 2.64 bits per heavy atom. The van der Waals surface area contributed by atoms with Crippen LogP contribution in [0.2, 0.25) is 5.02 Å². The number of hydrogen-bond donors (Lipinski definition) is 1. The standard InChI is InChI=1S/C17H18ClNO3/c1-2-21-17(20)16(19)13-4-3-5-15(10-13)22-11-12-6-8-14(18)9-7-12/h3-10,16H,2,11,19H2,1H3. The van der Waals surface area contributed by atoms with Crippen molar-refractivity contribution >= 4 is 17.6 Å². The van der Waals surface area contributed by atoms with Crippen LogP contribution >= 0.6 is 11.6 Å². The molecule has 0 heterocycles. The Labute approximate surface area is 134 Å². The Hall–Kier alpha value is -2.04. The molecule has 0 spiro atoms. The minimum absolute atomic E-state index is 0.305. The summed E-state index contributed by atoms with van der Waals surface area (Å²) in [7, 11) is 0. The van der Waals surface area contributed by atoms with E-state index in [1.807, 2.05) is 30.3 Å². The zero-order valence-electron chi connectivity index (χ0n) is 12.3. The van der Waals surface area contributed by atoms with Crippen molar-refractivity contribution in [3.05, 3.63) is 64.7 Å². The summed E-state index contributed by atoms with van der Waals surface area (Å²) >= 11 is 5.84. The van der Waals surface area contributed by atoms with Crippen molar-refractivity contribution in [2.24, 2.45) is 5.73 Å². The minimum atomic E-state index is -0.806. The average molecular weight is 320 g/mol. The van der Waals surface area contributed by atoms with Crippen LogP contribution in [0.1, 0.15) is 24.1 Å². The average Bonchev–Trinajstić information content (AvgIpc) is 2.54. The van der Waals surface area contributed by atoms with Crippen molar-refractivity contribution in [1.82, 2.24) is 0 Å². The number of hydrogen-bond acceptors (Lipinski definition) is 4. The first-order valence-corrected chi connectivity index (χ1v) is 7.37. The van der Waals surface area contributed by atoms with Gasteiger partial charge < -0.3 is 15.2 Å². The molecule has 0 aliphatic heterocycles. The van der Waals surface area contributed by atoms with Crippen LogP contribution in [0.3, 0.4) is 0 Å². The van der Waals surface area contributed by atoms with Crippen molar-refractivity contribution in [1.29, 1.82) is 0 Å². The summed E-state index contributed by atoms with van der Waals surface area (Å²) in [6, 6.07) is 13.8. The van der Waals surface area contributed by atoms with Crippen molar-refractivity contribution in [2.75, 3.05) is 6.61 Å². The van der Waals surface area contributed by atoms with E-state index in [1.54, 1.807) is 25.1 Å². The Morgan fingerprint density at radius 1 is 1.23 bits per heavy atom. The highest BCUT2D eigenvalue weighted by Crippen LogP contribution is 2.20. The molecule has 0 aliphatic carbocycles. The summed E-state index contributed by atoms with van der Waals surface area (Å²) in [4.78, 5) is 11.7. The van der Waals surface area contributed by atoms with Crippen molar-refractivity contribution in [2.45, 2.75) is 19.6 Å². The van der Waals surface area contributed by atoms with Gasteiger partial charge in [-0.25, -0.2) is 4.79 Å². The molecule has 2 aromatic carbocycles. The van der Waals surface area contributed by atoms with E-state index in [0.717, 1.165) is 5.56 Å². The first kappa shape index (κ1) is 16.3. The van der Waals surface area contributed by atoms with E-state index in [9.17, 15) is 4.79 Å². The lowest BCUT2D eigenvalue weighted by atomic mass is 10.1. The topological polar surface area (TPSA) is 61.5 Å². The van der Waals surface area contributed by atoms with Gasteiger partial charge in [-0.2, -0.15) is 0 Å². The molecule has 0 fully saturated rings. The summed E-state index contributed by atoms with van der Waals surface area (Å²) in [5.74, 6) is 0.199. The van der Waals surface area contributed by atoms with Gasteiger partial charge in [0.25, 0.3) is 0 Å². The van der Waals surface area contributed by atoms with Gasteiger partial charge in [0.15, 0.2) is 0 Å². The largest absolute Gasteiger partial charge is 0.489 e. The van der Waals surface area contributed by atoms with E-state index in [0.29, 0.717) is 29.5 Å².